The Hall–Kier alpha value is -1.00. The van der Waals surface area contributed by atoms with Gasteiger partial charge in [-0.1, -0.05) is 25.2 Å². The van der Waals surface area contributed by atoms with Crippen LogP contribution in [0.1, 0.15) is 30.9 Å². The maximum atomic E-state index is 13.5. The summed E-state index contributed by atoms with van der Waals surface area (Å²) in [5.74, 6) is 0.525. The predicted octanol–water partition coefficient (Wildman–Crippen LogP) is 2.69. The summed E-state index contributed by atoms with van der Waals surface area (Å²) in [6.45, 7) is 5.13. The quantitative estimate of drug-likeness (QED) is 0.803. The second-order valence-electron chi connectivity index (χ2n) is 4.95. The predicted molar refractivity (Wildman–Crippen MR) is 76.0 cm³/mol. The van der Waals surface area contributed by atoms with E-state index in [2.05, 4.69) is 11.8 Å². The number of thiocarbonyl (C=S) groups is 1. The van der Waals surface area contributed by atoms with Crippen LogP contribution in [0.3, 0.4) is 0 Å². The van der Waals surface area contributed by atoms with E-state index in [-0.39, 0.29) is 10.8 Å². The van der Waals surface area contributed by atoms with E-state index in [1.54, 1.807) is 6.07 Å². The molecule has 4 heteroatoms. The van der Waals surface area contributed by atoms with Gasteiger partial charge in [-0.3, -0.25) is 4.90 Å². The highest BCUT2D eigenvalue weighted by Crippen LogP contribution is 2.30. The SMILES string of the molecule is CCN(Cc1ccc(F)c(C(N)=S)c1)CC1CC1. The van der Waals surface area contributed by atoms with Gasteiger partial charge < -0.3 is 5.73 Å². The van der Waals surface area contributed by atoms with Crippen molar-refractivity contribution in [1.29, 1.82) is 0 Å². The second kappa shape index (κ2) is 5.76. The molecular weight excluding hydrogens is 247 g/mol. The van der Waals surface area contributed by atoms with Gasteiger partial charge in [0.25, 0.3) is 0 Å². The van der Waals surface area contributed by atoms with Crippen LogP contribution in [0.25, 0.3) is 0 Å². The van der Waals surface area contributed by atoms with Gasteiger partial charge >= 0.3 is 0 Å². The van der Waals surface area contributed by atoms with Gasteiger partial charge in [0.15, 0.2) is 0 Å². The van der Waals surface area contributed by atoms with E-state index >= 15 is 0 Å². The van der Waals surface area contributed by atoms with Gasteiger partial charge in [0, 0.05) is 18.7 Å². The number of hydrogen-bond donors (Lipinski definition) is 1. The molecule has 0 aliphatic heterocycles. The van der Waals surface area contributed by atoms with Crippen molar-refractivity contribution in [2.75, 3.05) is 13.1 Å². The minimum absolute atomic E-state index is 0.125. The van der Waals surface area contributed by atoms with Crippen molar-refractivity contribution >= 4 is 17.2 Å². The highest BCUT2D eigenvalue weighted by atomic mass is 32.1. The van der Waals surface area contributed by atoms with Crippen molar-refractivity contribution in [3.63, 3.8) is 0 Å². The van der Waals surface area contributed by atoms with Gasteiger partial charge in [-0.05, 0) is 43.0 Å². The van der Waals surface area contributed by atoms with Crippen molar-refractivity contribution < 1.29 is 4.39 Å². The molecule has 0 saturated heterocycles. The summed E-state index contributed by atoms with van der Waals surface area (Å²) >= 11 is 4.86. The van der Waals surface area contributed by atoms with Gasteiger partial charge in [-0.25, -0.2) is 4.39 Å². The summed E-state index contributed by atoms with van der Waals surface area (Å²) in [5.41, 5.74) is 6.94. The normalized spacial score (nSPS) is 15.1. The average molecular weight is 266 g/mol. The van der Waals surface area contributed by atoms with Crippen molar-refractivity contribution in [1.82, 2.24) is 4.90 Å². The van der Waals surface area contributed by atoms with E-state index in [1.165, 1.54) is 18.9 Å². The molecule has 0 unspecified atom stereocenters. The van der Waals surface area contributed by atoms with Crippen molar-refractivity contribution in [2.24, 2.45) is 11.7 Å². The highest BCUT2D eigenvalue weighted by molar-refractivity contribution is 7.80. The monoisotopic (exact) mass is 266 g/mol. The molecule has 1 aliphatic rings. The van der Waals surface area contributed by atoms with Gasteiger partial charge in [-0.2, -0.15) is 0 Å². The maximum absolute atomic E-state index is 13.5. The molecule has 18 heavy (non-hydrogen) atoms. The fourth-order valence-electron chi connectivity index (χ4n) is 2.09. The molecule has 2 rings (SSSR count). The zero-order valence-electron chi connectivity index (χ0n) is 10.7. The van der Waals surface area contributed by atoms with E-state index in [1.807, 2.05) is 6.07 Å². The Kier molecular flexibility index (Phi) is 4.30. The van der Waals surface area contributed by atoms with Gasteiger partial charge in [0.05, 0.1) is 0 Å². The van der Waals surface area contributed by atoms with Gasteiger partial charge in [0.2, 0.25) is 0 Å². The van der Waals surface area contributed by atoms with E-state index in [0.717, 1.165) is 31.1 Å². The average Bonchev–Trinajstić information content (AvgIpc) is 3.14. The Morgan fingerprint density at radius 1 is 1.50 bits per heavy atom. The number of nitrogens with zero attached hydrogens (tertiary/aromatic N) is 1. The summed E-state index contributed by atoms with van der Waals surface area (Å²) in [6, 6.07) is 5.04. The molecule has 0 atom stereocenters. The van der Waals surface area contributed by atoms with Crippen LogP contribution in [-0.4, -0.2) is 23.0 Å². The van der Waals surface area contributed by atoms with E-state index in [9.17, 15) is 4.39 Å². The Morgan fingerprint density at radius 3 is 2.78 bits per heavy atom. The molecule has 98 valence electrons. The lowest BCUT2D eigenvalue weighted by atomic mass is 10.1. The number of halogens is 1. The lowest BCUT2D eigenvalue weighted by molar-refractivity contribution is 0.268. The van der Waals surface area contributed by atoms with E-state index < -0.39 is 0 Å². The Balaban J connectivity index is 2.07. The van der Waals surface area contributed by atoms with Crippen LogP contribution in [0, 0.1) is 11.7 Å². The summed E-state index contributed by atoms with van der Waals surface area (Å²) in [4.78, 5) is 2.51. The molecule has 0 amide bonds. The number of hydrogen-bond acceptors (Lipinski definition) is 2. The number of benzene rings is 1. The molecule has 1 aromatic carbocycles. The zero-order chi connectivity index (χ0) is 13.1. The van der Waals surface area contributed by atoms with Gasteiger partial charge in [0.1, 0.15) is 10.8 Å². The second-order valence-corrected chi connectivity index (χ2v) is 5.39. The fraction of sp³-hybridized carbons (Fsp3) is 0.500. The first-order valence-corrected chi connectivity index (χ1v) is 6.81. The first-order valence-electron chi connectivity index (χ1n) is 6.40. The minimum atomic E-state index is -0.337. The number of nitrogens with two attached hydrogens (primary N) is 1. The molecule has 1 fully saturated rings. The van der Waals surface area contributed by atoms with Crippen LogP contribution in [0.2, 0.25) is 0 Å². The molecule has 0 bridgehead atoms. The summed E-state index contributed by atoms with van der Waals surface area (Å²) in [5, 5.41) is 0. The van der Waals surface area contributed by atoms with Crippen molar-refractivity contribution in [3.8, 4) is 0 Å². The Morgan fingerprint density at radius 2 is 2.22 bits per heavy atom. The molecule has 0 aromatic heterocycles. The molecule has 0 spiro atoms. The number of rotatable bonds is 6. The molecule has 1 aliphatic carbocycles. The summed E-state index contributed by atoms with van der Waals surface area (Å²) in [7, 11) is 0. The maximum Gasteiger partial charge on any atom is 0.133 e. The third-order valence-electron chi connectivity index (χ3n) is 3.36. The van der Waals surface area contributed by atoms with Crippen molar-refractivity contribution in [2.45, 2.75) is 26.3 Å². The van der Waals surface area contributed by atoms with Crippen molar-refractivity contribution in [3.05, 3.63) is 35.1 Å². The molecule has 0 heterocycles. The fourth-order valence-corrected chi connectivity index (χ4v) is 2.25. The highest BCUT2D eigenvalue weighted by Gasteiger charge is 2.23. The van der Waals surface area contributed by atoms with Crippen LogP contribution in [0.4, 0.5) is 4.39 Å². The van der Waals surface area contributed by atoms with Crippen LogP contribution < -0.4 is 5.73 Å². The van der Waals surface area contributed by atoms with Crippen LogP contribution in [-0.2, 0) is 6.54 Å². The Labute approximate surface area is 113 Å². The van der Waals surface area contributed by atoms with Crippen LogP contribution in [0.5, 0.6) is 0 Å². The lowest BCUT2D eigenvalue weighted by Crippen LogP contribution is -2.25. The Bertz CT molecular complexity index is 443. The third-order valence-corrected chi connectivity index (χ3v) is 3.58. The molecule has 2 nitrogen and oxygen atoms in total. The van der Waals surface area contributed by atoms with Crippen LogP contribution >= 0.6 is 12.2 Å². The van der Waals surface area contributed by atoms with E-state index in [0.29, 0.717) is 5.56 Å². The van der Waals surface area contributed by atoms with E-state index in [4.69, 9.17) is 18.0 Å². The molecular formula is C14H19FN2S. The minimum Gasteiger partial charge on any atom is -0.389 e. The first-order chi connectivity index (χ1) is 8.60. The largest absolute Gasteiger partial charge is 0.389 e. The van der Waals surface area contributed by atoms with Gasteiger partial charge in [-0.15, -0.1) is 0 Å². The standard InChI is InChI=1S/C14H19FN2S/c1-2-17(8-10-3-4-10)9-11-5-6-13(15)12(7-11)14(16)18/h5-7,10H,2-4,8-9H2,1H3,(H2,16,18). The summed E-state index contributed by atoms with van der Waals surface area (Å²) < 4.78 is 13.5. The smallest absolute Gasteiger partial charge is 0.133 e. The lowest BCUT2D eigenvalue weighted by Gasteiger charge is -2.20. The third kappa shape index (κ3) is 3.50. The first kappa shape index (κ1) is 13.4. The van der Waals surface area contributed by atoms with Crippen LogP contribution in [0.15, 0.2) is 18.2 Å². The molecule has 1 aromatic rings. The molecule has 0 radical (unpaired) electrons. The topological polar surface area (TPSA) is 29.3 Å². The summed E-state index contributed by atoms with van der Waals surface area (Å²) in [6.07, 6.45) is 2.69. The zero-order valence-corrected chi connectivity index (χ0v) is 11.5. The molecule has 2 N–H and O–H groups in total. The molecule has 1 saturated carbocycles.